The first kappa shape index (κ1) is 24.0. The molecule has 0 unspecified atom stereocenters. The van der Waals surface area contributed by atoms with E-state index < -0.39 is 23.6 Å². The molecular weight excluding hydrogens is 571 g/mol. The summed E-state index contributed by atoms with van der Waals surface area (Å²) < 4.78 is 6.43. The van der Waals surface area contributed by atoms with E-state index in [1.165, 1.54) is 17.8 Å². The lowest BCUT2D eigenvalue weighted by Gasteiger charge is -2.12. The van der Waals surface area contributed by atoms with Crippen molar-refractivity contribution in [2.75, 3.05) is 11.9 Å². The largest absolute Gasteiger partial charge is 0.450 e. The van der Waals surface area contributed by atoms with Gasteiger partial charge in [0.1, 0.15) is 12.3 Å². The van der Waals surface area contributed by atoms with E-state index in [2.05, 4.69) is 21.2 Å². The molecule has 11 heteroatoms. The zero-order chi connectivity index (χ0) is 23.5. The minimum atomic E-state index is -0.558. The third kappa shape index (κ3) is 6.04. The minimum Gasteiger partial charge on any atom is -0.450 e. The van der Waals surface area contributed by atoms with Crippen LogP contribution in [0.3, 0.4) is 0 Å². The Morgan fingerprint density at radius 3 is 2.61 bits per heavy atom. The van der Waals surface area contributed by atoms with Gasteiger partial charge < -0.3 is 9.73 Å². The number of carbonyl (C=O) groups excluding carboxylic acids is 3. The van der Waals surface area contributed by atoms with Crippen LogP contribution in [0.4, 0.5) is 10.5 Å². The average Bonchev–Trinajstić information content (AvgIpc) is 3.32. The molecule has 0 radical (unpaired) electrons. The van der Waals surface area contributed by atoms with Gasteiger partial charge in [-0.25, -0.2) is 0 Å². The maximum absolute atomic E-state index is 12.7. The second-order valence-corrected chi connectivity index (χ2v) is 10.4. The number of amides is 3. The Kier molecular flexibility index (Phi) is 7.55. The van der Waals surface area contributed by atoms with Gasteiger partial charge in [0.15, 0.2) is 5.09 Å². The zero-order valence-electron chi connectivity index (χ0n) is 16.5. The Morgan fingerprint density at radius 2 is 1.88 bits per heavy atom. The zero-order valence-corrected chi connectivity index (χ0v) is 21.2. The van der Waals surface area contributed by atoms with Crippen molar-refractivity contribution in [3.05, 3.63) is 79.8 Å². The van der Waals surface area contributed by atoms with Crippen LogP contribution in [-0.2, 0) is 9.59 Å². The Bertz CT molecular complexity index is 1280. The predicted molar refractivity (Wildman–Crippen MR) is 135 cm³/mol. The number of imide groups is 1. The molecule has 0 aliphatic carbocycles. The molecule has 0 spiro atoms. The number of nitrogens with one attached hydrogen (secondary N) is 1. The first-order valence-corrected chi connectivity index (χ1v) is 12.5. The molecule has 2 aromatic carbocycles. The normalized spacial score (nSPS) is 14.9. The van der Waals surface area contributed by atoms with Crippen molar-refractivity contribution in [3.63, 3.8) is 0 Å². The van der Waals surface area contributed by atoms with Crippen LogP contribution in [0.1, 0.15) is 5.76 Å². The van der Waals surface area contributed by atoms with Crippen LogP contribution in [0, 0.1) is 0 Å². The smallest absolute Gasteiger partial charge is 0.294 e. The molecule has 168 valence electrons. The summed E-state index contributed by atoms with van der Waals surface area (Å²) in [5.41, 5.74) is 0.456. The number of halogens is 3. The number of carbonyl (C=O) groups is 3. The fourth-order valence-electron chi connectivity index (χ4n) is 2.77. The SMILES string of the molecule is O=C(CN1C(=O)S/C(=C\c2ccc(Sc3ccc(Cl)cc3)o2)C1=O)Nc1ccc(Br)c(Cl)c1. The van der Waals surface area contributed by atoms with Crippen LogP contribution in [-0.4, -0.2) is 28.5 Å². The summed E-state index contributed by atoms with van der Waals surface area (Å²) in [6.07, 6.45) is 1.49. The summed E-state index contributed by atoms with van der Waals surface area (Å²) in [7, 11) is 0. The summed E-state index contributed by atoms with van der Waals surface area (Å²) in [5, 5.41) is 3.78. The van der Waals surface area contributed by atoms with Crippen molar-refractivity contribution in [2.45, 2.75) is 9.99 Å². The van der Waals surface area contributed by atoms with Crippen LogP contribution in [0.5, 0.6) is 0 Å². The van der Waals surface area contributed by atoms with Gasteiger partial charge in [-0.3, -0.25) is 19.3 Å². The van der Waals surface area contributed by atoms with E-state index in [1.54, 1.807) is 42.5 Å². The maximum Gasteiger partial charge on any atom is 0.294 e. The summed E-state index contributed by atoms with van der Waals surface area (Å²) >= 11 is 17.3. The Labute approximate surface area is 215 Å². The summed E-state index contributed by atoms with van der Waals surface area (Å²) in [4.78, 5) is 39.4. The van der Waals surface area contributed by atoms with Crippen LogP contribution in [0.2, 0.25) is 10.0 Å². The van der Waals surface area contributed by atoms with Crippen molar-refractivity contribution in [1.29, 1.82) is 0 Å². The van der Waals surface area contributed by atoms with Gasteiger partial charge in [-0.05, 0) is 82.3 Å². The highest BCUT2D eigenvalue weighted by Gasteiger charge is 2.36. The number of thioether (sulfide) groups is 1. The molecular formula is C22H13BrCl2N2O4S2. The molecule has 1 N–H and O–H groups in total. The molecule has 1 saturated heterocycles. The van der Waals surface area contributed by atoms with Crippen molar-refractivity contribution in [3.8, 4) is 0 Å². The van der Waals surface area contributed by atoms with Gasteiger partial charge in [-0.1, -0.05) is 35.0 Å². The maximum atomic E-state index is 12.7. The van der Waals surface area contributed by atoms with Crippen LogP contribution in [0.15, 0.2) is 78.4 Å². The number of rotatable bonds is 6. The van der Waals surface area contributed by atoms with Crippen molar-refractivity contribution >= 4 is 91.5 Å². The fourth-order valence-corrected chi connectivity index (χ4v) is 4.92. The van der Waals surface area contributed by atoms with Crippen LogP contribution in [0.25, 0.3) is 6.08 Å². The molecule has 3 aromatic rings. The Balaban J connectivity index is 1.40. The lowest BCUT2D eigenvalue weighted by molar-refractivity contribution is -0.127. The first-order valence-electron chi connectivity index (χ1n) is 9.32. The first-order chi connectivity index (χ1) is 15.8. The summed E-state index contributed by atoms with van der Waals surface area (Å²) in [6, 6.07) is 15.7. The van der Waals surface area contributed by atoms with Gasteiger partial charge in [0, 0.05) is 26.2 Å². The fraction of sp³-hybridized carbons (Fsp3) is 0.0455. The second kappa shape index (κ2) is 10.4. The van der Waals surface area contributed by atoms with E-state index in [1.807, 2.05) is 12.1 Å². The molecule has 33 heavy (non-hydrogen) atoms. The van der Waals surface area contributed by atoms with Gasteiger partial charge in [0.2, 0.25) is 5.91 Å². The van der Waals surface area contributed by atoms with E-state index >= 15 is 0 Å². The topological polar surface area (TPSA) is 79.6 Å². The lowest BCUT2D eigenvalue weighted by Crippen LogP contribution is -2.36. The van der Waals surface area contributed by atoms with E-state index in [0.29, 0.717) is 31.1 Å². The molecule has 6 nitrogen and oxygen atoms in total. The molecule has 2 heterocycles. The van der Waals surface area contributed by atoms with Crippen molar-refractivity contribution < 1.29 is 18.8 Å². The summed E-state index contributed by atoms with van der Waals surface area (Å²) in [6.45, 7) is -0.411. The highest BCUT2D eigenvalue weighted by Crippen LogP contribution is 2.35. The molecule has 3 amide bonds. The van der Waals surface area contributed by atoms with Crippen LogP contribution < -0.4 is 5.32 Å². The van der Waals surface area contributed by atoms with Gasteiger partial charge in [0.25, 0.3) is 11.1 Å². The lowest BCUT2D eigenvalue weighted by atomic mass is 10.3. The molecule has 0 bridgehead atoms. The number of hydrogen-bond donors (Lipinski definition) is 1. The molecule has 1 aromatic heterocycles. The molecule has 1 aliphatic heterocycles. The van der Waals surface area contributed by atoms with Gasteiger partial charge in [-0.15, -0.1) is 0 Å². The van der Waals surface area contributed by atoms with Crippen LogP contribution >= 0.6 is 62.7 Å². The third-order valence-corrected chi connectivity index (χ3v) is 7.61. The molecule has 4 rings (SSSR count). The van der Waals surface area contributed by atoms with E-state index in [-0.39, 0.29) is 4.91 Å². The summed E-state index contributed by atoms with van der Waals surface area (Å²) in [5.74, 6) is -0.653. The highest BCUT2D eigenvalue weighted by molar-refractivity contribution is 9.10. The van der Waals surface area contributed by atoms with Crippen molar-refractivity contribution in [1.82, 2.24) is 4.90 Å². The van der Waals surface area contributed by atoms with E-state index in [9.17, 15) is 14.4 Å². The minimum absolute atomic E-state index is 0.178. The highest BCUT2D eigenvalue weighted by atomic mass is 79.9. The Hall–Kier alpha value is -2.17. The number of anilines is 1. The number of benzene rings is 2. The number of hydrogen-bond acceptors (Lipinski definition) is 6. The van der Waals surface area contributed by atoms with E-state index in [4.69, 9.17) is 27.6 Å². The third-order valence-electron chi connectivity index (χ3n) is 4.29. The quantitative estimate of drug-likeness (QED) is 0.310. The van der Waals surface area contributed by atoms with Crippen molar-refractivity contribution in [2.24, 2.45) is 0 Å². The molecule has 1 fully saturated rings. The average molecular weight is 584 g/mol. The monoisotopic (exact) mass is 582 g/mol. The van der Waals surface area contributed by atoms with Gasteiger partial charge in [-0.2, -0.15) is 0 Å². The van der Waals surface area contributed by atoms with Gasteiger partial charge >= 0.3 is 0 Å². The second-order valence-electron chi connectivity index (χ2n) is 6.66. The molecule has 0 atom stereocenters. The standard InChI is InChI=1S/C22H13BrCl2N2O4S2/c23-16-7-3-13(9-17(16)25)26-19(28)11-27-21(29)18(33-22(27)30)10-14-4-8-20(31-14)32-15-5-1-12(24)2-6-15/h1-10H,11H2,(H,26,28)/b18-10-. The predicted octanol–water partition coefficient (Wildman–Crippen LogP) is 7.18. The number of nitrogens with zero attached hydrogens (tertiary/aromatic N) is 1. The van der Waals surface area contributed by atoms with E-state index in [0.717, 1.165) is 21.6 Å². The Morgan fingerprint density at radius 1 is 1.12 bits per heavy atom. The molecule has 1 aliphatic rings. The molecule has 0 saturated carbocycles. The number of furan rings is 1. The van der Waals surface area contributed by atoms with Gasteiger partial charge in [0.05, 0.1) is 9.93 Å².